The molecule has 0 spiro atoms. The molecule has 0 aromatic carbocycles. The van der Waals surface area contributed by atoms with Gasteiger partial charge >= 0.3 is 0 Å². The summed E-state index contributed by atoms with van der Waals surface area (Å²) in [6.45, 7) is 0. The third kappa shape index (κ3) is 0.805. The largest absolute Gasteiger partial charge is 0.300 e. The summed E-state index contributed by atoms with van der Waals surface area (Å²) < 4.78 is 0. The van der Waals surface area contributed by atoms with Crippen LogP contribution in [0.3, 0.4) is 0 Å². The average molecular weight is 122 g/mol. The number of fused-ring (bicyclic) bond motifs is 2. The molecule has 9 heavy (non-hydrogen) atoms. The van der Waals surface area contributed by atoms with Gasteiger partial charge in [0.15, 0.2) is 0 Å². The second-order valence-corrected chi connectivity index (χ2v) is 3.09. The molecular weight excluding hydrogens is 112 g/mol. The number of ketones is 1. The molecule has 1 fully saturated rings. The number of hydrogen-bond acceptors (Lipinski definition) is 1. The van der Waals surface area contributed by atoms with Crippen molar-refractivity contribution in [2.45, 2.75) is 19.3 Å². The van der Waals surface area contributed by atoms with E-state index in [1.807, 2.05) is 0 Å². The molecule has 2 bridgehead atoms. The minimum Gasteiger partial charge on any atom is -0.300 e. The Morgan fingerprint density at radius 3 is 2.33 bits per heavy atom. The third-order valence-corrected chi connectivity index (χ3v) is 2.24. The first kappa shape index (κ1) is 5.21. The predicted molar refractivity (Wildman–Crippen MR) is 35.0 cm³/mol. The van der Waals surface area contributed by atoms with Gasteiger partial charge in [-0.3, -0.25) is 4.79 Å². The van der Waals surface area contributed by atoms with Crippen molar-refractivity contribution in [1.82, 2.24) is 0 Å². The summed E-state index contributed by atoms with van der Waals surface area (Å²) in [7, 11) is 0. The fourth-order valence-corrected chi connectivity index (χ4v) is 1.83. The minimum atomic E-state index is 0.459. The molecule has 2 aliphatic carbocycles. The zero-order valence-corrected chi connectivity index (χ0v) is 5.34. The van der Waals surface area contributed by atoms with E-state index >= 15 is 0 Å². The van der Waals surface area contributed by atoms with Gasteiger partial charge in [0, 0.05) is 12.8 Å². The van der Waals surface area contributed by atoms with Gasteiger partial charge < -0.3 is 0 Å². The highest BCUT2D eigenvalue weighted by Gasteiger charge is 2.28. The number of rotatable bonds is 0. The number of Topliss-reactive ketones (excluding diaryl/α,β-unsaturated/α-hetero) is 1. The maximum absolute atomic E-state index is 10.9. The van der Waals surface area contributed by atoms with Crippen molar-refractivity contribution < 1.29 is 4.79 Å². The van der Waals surface area contributed by atoms with E-state index in [1.54, 1.807) is 0 Å². The maximum Gasteiger partial charge on any atom is 0.134 e. The molecule has 0 heterocycles. The molecule has 48 valence electrons. The molecule has 1 nitrogen and oxygen atoms in total. The standard InChI is InChI=1S/C8H10O/c9-8-4-6-1-2-7(3-6)5-8/h1-2,6-7H,3-5H2/t6-,7+. The van der Waals surface area contributed by atoms with E-state index in [0.717, 1.165) is 12.8 Å². The van der Waals surface area contributed by atoms with E-state index in [0.29, 0.717) is 17.6 Å². The molecule has 0 radical (unpaired) electrons. The van der Waals surface area contributed by atoms with Crippen LogP contribution in [0.1, 0.15) is 19.3 Å². The Balaban J connectivity index is 2.18. The maximum atomic E-state index is 10.9. The summed E-state index contributed by atoms with van der Waals surface area (Å²) in [5.74, 6) is 1.67. The van der Waals surface area contributed by atoms with E-state index in [-0.39, 0.29) is 0 Å². The van der Waals surface area contributed by atoms with Crippen LogP contribution in [0.15, 0.2) is 12.2 Å². The molecule has 0 aromatic heterocycles. The van der Waals surface area contributed by atoms with E-state index in [2.05, 4.69) is 12.2 Å². The molecule has 1 saturated carbocycles. The number of carbonyl (C=O) groups is 1. The van der Waals surface area contributed by atoms with Crippen molar-refractivity contribution in [3.05, 3.63) is 12.2 Å². The van der Waals surface area contributed by atoms with Crippen molar-refractivity contribution in [3.8, 4) is 0 Å². The molecule has 0 N–H and O–H groups in total. The van der Waals surface area contributed by atoms with Gasteiger partial charge in [0.1, 0.15) is 5.78 Å². The first-order chi connectivity index (χ1) is 4.34. The molecule has 0 aliphatic heterocycles. The highest BCUT2D eigenvalue weighted by atomic mass is 16.1. The minimum absolute atomic E-state index is 0.459. The normalized spacial score (nSPS) is 39.8. The van der Waals surface area contributed by atoms with Gasteiger partial charge in [0.2, 0.25) is 0 Å². The van der Waals surface area contributed by atoms with Crippen LogP contribution in [0, 0.1) is 11.8 Å². The molecule has 0 aromatic rings. The van der Waals surface area contributed by atoms with Crippen LogP contribution >= 0.6 is 0 Å². The SMILES string of the molecule is O=C1C[C@H]2C=C[C@@H](C1)C2. The van der Waals surface area contributed by atoms with Crippen LogP contribution in [-0.2, 0) is 4.79 Å². The van der Waals surface area contributed by atoms with E-state index in [9.17, 15) is 4.79 Å². The smallest absolute Gasteiger partial charge is 0.134 e. The third-order valence-electron chi connectivity index (χ3n) is 2.24. The summed E-state index contributed by atoms with van der Waals surface area (Å²) in [4.78, 5) is 10.9. The Kier molecular flexibility index (Phi) is 0.981. The van der Waals surface area contributed by atoms with Gasteiger partial charge in [0.05, 0.1) is 0 Å². The lowest BCUT2D eigenvalue weighted by molar-refractivity contribution is -0.121. The summed E-state index contributed by atoms with van der Waals surface area (Å²) in [6, 6.07) is 0. The molecule has 0 amide bonds. The van der Waals surface area contributed by atoms with Crippen molar-refractivity contribution in [1.29, 1.82) is 0 Å². The summed E-state index contributed by atoms with van der Waals surface area (Å²) in [5, 5.41) is 0. The number of carbonyl (C=O) groups excluding carboxylic acids is 1. The second kappa shape index (κ2) is 1.69. The topological polar surface area (TPSA) is 17.1 Å². The van der Waals surface area contributed by atoms with Crippen LogP contribution in [0.25, 0.3) is 0 Å². The summed E-state index contributed by atoms with van der Waals surface area (Å²) in [5.41, 5.74) is 0. The zero-order valence-electron chi connectivity index (χ0n) is 5.34. The monoisotopic (exact) mass is 122 g/mol. The van der Waals surface area contributed by atoms with Crippen LogP contribution in [0.2, 0.25) is 0 Å². The second-order valence-electron chi connectivity index (χ2n) is 3.09. The first-order valence-electron chi connectivity index (χ1n) is 3.54. The lowest BCUT2D eigenvalue weighted by atomic mass is 9.87. The Morgan fingerprint density at radius 2 is 1.78 bits per heavy atom. The number of hydrogen-bond donors (Lipinski definition) is 0. The molecule has 2 aliphatic rings. The van der Waals surface area contributed by atoms with E-state index in [4.69, 9.17) is 0 Å². The lowest BCUT2D eigenvalue weighted by Crippen LogP contribution is -2.15. The van der Waals surface area contributed by atoms with E-state index < -0.39 is 0 Å². The van der Waals surface area contributed by atoms with Crippen LogP contribution in [-0.4, -0.2) is 5.78 Å². The van der Waals surface area contributed by atoms with Crippen molar-refractivity contribution in [3.63, 3.8) is 0 Å². The average Bonchev–Trinajstić information content (AvgIpc) is 2.11. The van der Waals surface area contributed by atoms with Crippen molar-refractivity contribution in [2.24, 2.45) is 11.8 Å². The zero-order chi connectivity index (χ0) is 6.27. The highest BCUT2D eigenvalue weighted by Crippen LogP contribution is 2.34. The Hall–Kier alpha value is -0.590. The van der Waals surface area contributed by atoms with Crippen LogP contribution < -0.4 is 0 Å². The van der Waals surface area contributed by atoms with Crippen molar-refractivity contribution in [2.75, 3.05) is 0 Å². The lowest BCUT2D eigenvalue weighted by Gasteiger charge is -2.16. The number of allylic oxidation sites excluding steroid dienone is 2. The summed E-state index contributed by atoms with van der Waals surface area (Å²) in [6.07, 6.45) is 7.27. The molecule has 2 rings (SSSR count). The van der Waals surface area contributed by atoms with Gasteiger partial charge in [-0.2, -0.15) is 0 Å². The van der Waals surface area contributed by atoms with Gasteiger partial charge in [-0.05, 0) is 18.3 Å². The Morgan fingerprint density at radius 1 is 1.22 bits per heavy atom. The first-order valence-corrected chi connectivity index (χ1v) is 3.54. The molecular formula is C8H10O. The van der Waals surface area contributed by atoms with Gasteiger partial charge in [-0.1, -0.05) is 12.2 Å². The van der Waals surface area contributed by atoms with Gasteiger partial charge in [0.25, 0.3) is 0 Å². The van der Waals surface area contributed by atoms with Crippen molar-refractivity contribution >= 4 is 5.78 Å². The quantitative estimate of drug-likeness (QED) is 0.445. The molecule has 1 heteroatoms. The summed E-state index contributed by atoms with van der Waals surface area (Å²) >= 11 is 0. The van der Waals surface area contributed by atoms with Gasteiger partial charge in [-0.25, -0.2) is 0 Å². The molecule has 0 unspecified atom stereocenters. The Labute approximate surface area is 54.8 Å². The predicted octanol–water partition coefficient (Wildman–Crippen LogP) is 1.54. The fourth-order valence-electron chi connectivity index (χ4n) is 1.83. The fraction of sp³-hybridized carbons (Fsp3) is 0.625. The Bertz CT molecular complexity index is 153. The van der Waals surface area contributed by atoms with E-state index in [1.165, 1.54) is 6.42 Å². The van der Waals surface area contributed by atoms with Crippen LogP contribution in [0.5, 0.6) is 0 Å². The molecule has 2 atom stereocenters. The molecule has 0 saturated heterocycles. The van der Waals surface area contributed by atoms with Gasteiger partial charge in [-0.15, -0.1) is 0 Å². The highest BCUT2D eigenvalue weighted by molar-refractivity contribution is 5.80. The van der Waals surface area contributed by atoms with Crippen LogP contribution in [0.4, 0.5) is 0 Å².